The first kappa shape index (κ1) is 52.9. The number of aryl methyl sites for hydroxylation is 8. The van der Waals surface area contributed by atoms with Crippen molar-refractivity contribution in [2.75, 3.05) is 9.80 Å². The molecule has 12 aromatic carbocycles. The molecule has 2 aromatic heterocycles. The van der Waals surface area contributed by atoms with Crippen LogP contribution in [0.1, 0.15) is 97.2 Å². The highest BCUT2D eigenvalue weighted by Gasteiger charge is 2.31. The minimum atomic E-state index is -0.135. The van der Waals surface area contributed by atoms with Gasteiger partial charge in [0.25, 0.3) is 0 Å². The highest BCUT2D eigenvalue weighted by atomic mass is 16.3. The van der Waals surface area contributed by atoms with Crippen LogP contribution in [-0.4, -0.2) is 0 Å². The fourth-order valence-corrected chi connectivity index (χ4v) is 13.9. The van der Waals surface area contributed by atoms with E-state index in [-0.39, 0.29) is 10.8 Å². The molecule has 0 saturated heterocycles. The summed E-state index contributed by atoms with van der Waals surface area (Å²) < 4.78 is 14.7. The van der Waals surface area contributed by atoms with Crippen LogP contribution in [-0.2, 0) is 10.8 Å². The number of para-hydroxylation sites is 4. The van der Waals surface area contributed by atoms with Crippen molar-refractivity contribution < 1.29 is 8.83 Å². The number of furan rings is 2. The maximum atomic E-state index is 7.35. The third-order valence-corrected chi connectivity index (χ3v) is 17.7. The lowest BCUT2D eigenvalue weighted by atomic mass is 9.84. The van der Waals surface area contributed by atoms with Gasteiger partial charge in [0.15, 0.2) is 11.2 Å². The Hall–Kier alpha value is -9.12. The van der Waals surface area contributed by atoms with Gasteiger partial charge in [-0.15, -0.1) is 0 Å². The van der Waals surface area contributed by atoms with Gasteiger partial charge in [0.1, 0.15) is 11.2 Å². The molecule has 0 spiro atoms. The Morgan fingerprint density at radius 3 is 0.988 bits per heavy atom. The Balaban J connectivity index is 1.17. The van der Waals surface area contributed by atoms with E-state index in [2.05, 4.69) is 289 Å². The van der Waals surface area contributed by atoms with Gasteiger partial charge in [-0.05, 0) is 158 Å². The van der Waals surface area contributed by atoms with Crippen LogP contribution in [0.25, 0.3) is 98.4 Å². The quantitative estimate of drug-likeness (QED) is 0.142. The van der Waals surface area contributed by atoms with Crippen molar-refractivity contribution in [2.45, 2.75) is 108 Å². The van der Waals surface area contributed by atoms with Gasteiger partial charge in [0.2, 0.25) is 0 Å². The summed E-state index contributed by atoms with van der Waals surface area (Å²) >= 11 is 0. The topological polar surface area (TPSA) is 32.8 Å². The van der Waals surface area contributed by atoms with Gasteiger partial charge >= 0.3 is 0 Å². The molecule has 0 unspecified atom stereocenters. The molecule has 4 nitrogen and oxygen atoms in total. The van der Waals surface area contributed by atoms with Gasteiger partial charge < -0.3 is 18.6 Å². The van der Waals surface area contributed by atoms with Crippen LogP contribution in [0.5, 0.6) is 0 Å². The number of anilines is 6. The van der Waals surface area contributed by atoms with Crippen LogP contribution >= 0.6 is 0 Å². The molecule has 0 amide bonds. The maximum Gasteiger partial charge on any atom is 0.159 e. The normalized spacial score (nSPS) is 12.4. The van der Waals surface area contributed by atoms with E-state index in [1.165, 1.54) is 99.4 Å². The first-order valence-corrected chi connectivity index (χ1v) is 29.8. The monoisotopic (exact) mass is 1090 g/mol. The second-order valence-electron chi connectivity index (χ2n) is 26.3. The fourth-order valence-electron chi connectivity index (χ4n) is 13.9. The van der Waals surface area contributed by atoms with Crippen LogP contribution < -0.4 is 9.80 Å². The molecule has 0 atom stereocenters. The van der Waals surface area contributed by atoms with Crippen LogP contribution in [0.15, 0.2) is 191 Å². The molecule has 14 rings (SSSR count). The predicted octanol–water partition coefficient (Wildman–Crippen LogP) is 23.7. The van der Waals surface area contributed by atoms with Crippen LogP contribution in [0.3, 0.4) is 0 Å². The summed E-state index contributed by atoms with van der Waals surface area (Å²) in [6.45, 7) is 31.4. The summed E-state index contributed by atoms with van der Waals surface area (Å²) in [5.41, 5.74) is 26.4. The second-order valence-corrected chi connectivity index (χ2v) is 26.3. The number of fused-ring (bicyclic) bond motifs is 6. The lowest BCUT2D eigenvalue weighted by molar-refractivity contribution is 0.572. The summed E-state index contributed by atoms with van der Waals surface area (Å²) in [5.74, 6) is 0. The molecule has 0 aliphatic carbocycles. The van der Waals surface area contributed by atoms with Crippen molar-refractivity contribution >= 4 is 110 Å². The first-order valence-electron chi connectivity index (χ1n) is 29.8. The Morgan fingerprint density at radius 2 is 0.619 bits per heavy atom. The van der Waals surface area contributed by atoms with Crippen molar-refractivity contribution in [2.24, 2.45) is 0 Å². The minimum Gasteiger partial charge on any atom is -0.454 e. The zero-order valence-corrected chi connectivity index (χ0v) is 51.0. The molecule has 0 N–H and O–H groups in total. The lowest BCUT2D eigenvalue weighted by Crippen LogP contribution is -2.14. The maximum absolute atomic E-state index is 7.35. The Kier molecular flexibility index (Phi) is 12.1. The SMILES string of the molecule is Cc1cc(C)cc(-c2cc(N(c3cc(C)ccc3C)c3cccc4c3oc3c(C(C)(C)C)cccc34)c3ccc4c(-c5cc(C)cc(C)c5)cc(N(c5cc(C)ccc5C)c5cccc6c5oc5c(C(C)(C)C)cccc56)c5ccc2c3c45)c1. The number of benzene rings is 12. The van der Waals surface area contributed by atoms with E-state index in [9.17, 15) is 0 Å². The van der Waals surface area contributed by atoms with Crippen molar-refractivity contribution in [3.63, 3.8) is 0 Å². The Bertz CT molecular complexity index is 4670. The molecule has 14 aromatic rings. The molecule has 2 heterocycles. The molecule has 0 bridgehead atoms. The van der Waals surface area contributed by atoms with Gasteiger partial charge in [0, 0.05) is 65.6 Å². The Morgan fingerprint density at radius 1 is 0.274 bits per heavy atom. The number of hydrogen-bond donors (Lipinski definition) is 0. The fraction of sp³-hybridized carbons (Fsp3) is 0.200. The zero-order valence-electron chi connectivity index (χ0n) is 51.0. The zero-order chi connectivity index (χ0) is 58.4. The van der Waals surface area contributed by atoms with Gasteiger partial charge in [0.05, 0.1) is 22.7 Å². The van der Waals surface area contributed by atoms with E-state index in [1.807, 2.05) is 0 Å². The molecule has 0 saturated carbocycles. The molecule has 84 heavy (non-hydrogen) atoms. The molecule has 0 fully saturated rings. The third-order valence-electron chi connectivity index (χ3n) is 17.7. The van der Waals surface area contributed by atoms with Crippen molar-refractivity contribution in [1.82, 2.24) is 0 Å². The van der Waals surface area contributed by atoms with Crippen molar-refractivity contribution in [3.8, 4) is 22.3 Å². The van der Waals surface area contributed by atoms with Crippen LogP contribution in [0, 0.1) is 55.4 Å². The molecule has 0 aliphatic heterocycles. The smallest absolute Gasteiger partial charge is 0.159 e. The summed E-state index contributed by atoms with van der Waals surface area (Å²) in [6.07, 6.45) is 0. The lowest BCUT2D eigenvalue weighted by Gasteiger charge is -2.32. The van der Waals surface area contributed by atoms with Gasteiger partial charge in [-0.3, -0.25) is 0 Å². The second kappa shape index (κ2) is 19.2. The number of nitrogens with zero attached hydrogens (tertiary/aromatic N) is 2. The summed E-state index contributed by atoms with van der Waals surface area (Å²) in [5, 5.41) is 11.6. The average Bonchev–Trinajstić information content (AvgIpc) is 0.809. The summed E-state index contributed by atoms with van der Waals surface area (Å²) in [7, 11) is 0. The van der Waals surface area contributed by atoms with E-state index in [1.54, 1.807) is 0 Å². The predicted molar refractivity (Wildman–Crippen MR) is 360 cm³/mol. The van der Waals surface area contributed by atoms with Crippen LogP contribution in [0.2, 0.25) is 0 Å². The van der Waals surface area contributed by atoms with Gasteiger partial charge in [-0.1, -0.05) is 209 Å². The third kappa shape index (κ3) is 8.47. The molecule has 4 heteroatoms. The molecular formula is C80H72N2O2. The average molecular weight is 1090 g/mol. The highest BCUT2D eigenvalue weighted by molar-refractivity contribution is 6.33. The molecular weight excluding hydrogens is 1020 g/mol. The van der Waals surface area contributed by atoms with Crippen molar-refractivity contribution in [1.29, 1.82) is 0 Å². The standard InChI is InChI=1S/C80H72N2O2/c1-45-27-29-51(7)69(41-45)81(67-25-17-21-59-57-19-15-23-65(79(9,10)11)75(57)83-77(59)67)71-43-63(53-37-47(3)35-48(4)38-53)55-32-34-62-72(44-64(54-39-49(5)36-50(6)40-54)56-31-33-61(71)73(55)74(56)62)82(70-42-46(2)28-30-52(70)8)68-26-18-22-60-58-20-16-24-66(80(12,13)14)76(58)84-78(60)68/h15-44H,1-14H3. The van der Waals surface area contributed by atoms with E-state index in [0.717, 1.165) is 88.8 Å². The first-order chi connectivity index (χ1) is 40.2. The molecule has 0 aliphatic rings. The summed E-state index contributed by atoms with van der Waals surface area (Å²) in [6, 6.07) is 69.0. The van der Waals surface area contributed by atoms with E-state index in [4.69, 9.17) is 8.83 Å². The Labute approximate surface area is 493 Å². The van der Waals surface area contributed by atoms with E-state index < -0.39 is 0 Å². The van der Waals surface area contributed by atoms with E-state index in [0.29, 0.717) is 0 Å². The molecule has 414 valence electrons. The molecule has 0 radical (unpaired) electrons. The number of rotatable bonds is 8. The van der Waals surface area contributed by atoms with Crippen molar-refractivity contribution in [3.05, 3.63) is 238 Å². The minimum absolute atomic E-state index is 0.135. The highest BCUT2D eigenvalue weighted by Crippen LogP contribution is 2.55. The van der Waals surface area contributed by atoms with Gasteiger partial charge in [-0.25, -0.2) is 0 Å². The summed E-state index contributed by atoms with van der Waals surface area (Å²) in [4.78, 5) is 5.04. The van der Waals surface area contributed by atoms with E-state index >= 15 is 0 Å². The van der Waals surface area contributed by atoms with Crippen LogP contribution in [0.4, 0.5) is 34.1 Å². The number of hydrogen-bond acceptors (Lipinski definition) is 4. The van der Waals surface area contributed by atoms with Gasteiger partial charge in [-0.2, -0.15) is 0 Å². The largest absolute Gasteiger partial charge is 0.454 e.